The molecule has 0 bridgehead atoms. The molecule has 0 saturated carbocycles. The summed E-state index contributed by atoms with van der Waals surface area (Å²) in [4.78, 5) is 64.2. The number of fused-ring (bicyclic) bond motifs is 1. The Hall–Kier alpha value is -3.58. The topological polar surface area (TPSA) is 204 Å². The lowest BCUT2D eigenvalue weighted by Gasteiger charge is -2.26. The van der Waals surface area contributed by atoms with Crippen molar-refractivity contribution in [1.82, 2.24) is 20.9 Å². The number of thiol groups is 1. The van der Waals surface area contributed by atoms with Gasteiger partial charge in [0.2, 0.25) is 17.7 Å². The van der Waals surface area contributed by atoms with Gasteiger partial charge in [0.25, 0.3) is 0 Å². The average molecular weight is 536 g/mol. The summed E-state index contributed by atoms with van der Waals surface area (Å²) < 4.78 is 0. The van der Waals surface area contributed by atoms with Crippen LogP contribution in [0.15, 0.2) is 30.5 Å². The van der Waals surface area contributed by atoms with Crippen molar-refractivity contribution in [3.63, 3.8) is 0 Å². The summed E-state index contributed by atoms with van der Waals surface area (Å²) in [6.07, 6.45) is 1.28. The Bertz CT molecular complexity index is 1140. The van der Waals surface area contributed by atoms with Gasteiger partial charge in [0, 0.05) is 29.3 Å². The number of aliphatic carboxylic acids is 2. The number of para-hydroxylation sites is 1. The number of carbonyl (C=O) groups is 5. The van der Waals surface area contributed by atoms with E-state index in [1.807, 2.05) is 38.1 Å². The number of aromatic nitrogens is 1. The summed E-state index contributed by atoms with van der Waals surface area (Å²) >= 11 is 3.94. The fourth-order valence-electron chi connectivity index (χ4n) is 3.72. The highest BCUT2D eigenvalue weighted by molar-refractivity contribution is 7.80. The van der Waals surface area contributed by atoms with Crippen LogP contribution in [0, 0.1) is 5.92 Å². The number of carbonyl (C=O) groups excluding carboxylic acids is 3. The number of amides is 3. The summed E-state index contributed by atoms with van der Waals surface area (Å²) in [5.74, 6) is -4.98. The molecule has 12 nitrogen and oxygen atoms in total. The second kappa shape index (κ2) is 13.7. The quantitative estimate of drug-likeness (QED) is 0.155. The molecule has 2 aromatic rings. The van der Waals surface area contributed by atoms with Gasteiger partial charge >= 0.3 is 11.9 Å². The van der Waals surface area contributed by atoms with E-state index in [0.717, 1.165) is 10.9 Å². The molecule has 37 heavy (non-hydrogen) atoms. The number of hydrogen-bond donors (Lipinski definition) is 8. The molecule has 0 aliphatic rings. The van der Waals surface area contributed by atoms with Crippen molar-refractivity contribution in [3.8, 4) is 0 Å². The van der Waals surface area contributed by atoms with Crippen LogP contribution >= 0.6 is 12.6 Å². The minimum absolute atomic E-state index is 0.0196. The number of rotatable bonds is 14. The van der Waals surface area contributed by atoms with Crippen molar-refractivity contribution in [2.45, 2.75) is 57.3 Å². The van der Waals surface area contributed by atoms with E-state index < -0.39 is 60.2 Å². The normalized spacial score (nSPS) is 14.4. The lowest BCUT2D eigenvalue weighted by molar-refractivity contribution is -0.141. The molecule has 3 amide bonds. The van der Waals surface area contributed by atoms with Crippen molar-refractivity contribution < 1.29 is 34.2 Å². The van der Waals surface area contributed by atoms with Gasteiger partial charge in [0.05, 0.1) is 12.5 Å². The lowest BCUT2D eigenvalue weighted by Crippen LogP contribution is -2.58. The van der Waals surface area contributed by atoms with Gasteiger partial charge in [0.1, 0.15) is 18.1 Å². The zero-order valence-corrected chi connectivity index (χ0v) is 21.5. The number of H-pyrrole nitrogens is 1. The van der Waals surface area contributed by atoms with Crippen molar-refractivity contribution in [2.75, 3.05) is 5.75 Å². The number of nitrogens with one attached hydrogen (secondary N) is 4. The maximum absolute atomic E-state index is 13.4. The summed E-state index contributed by atoms with van der Waals surface area (Å²) in [6, 6.07) is 2.41. The molecule has 0 aliphatic heterocycles. The molecular weight excluding hydrogens is 502 g/mol. The number of benzene rings is 1. The Balaban J connectivity index is 2.30. The summed E-state index contributed by atoms with van der Waals surface area (Å²) in [6.45, 7) is 3.66. The Morgan fingerprint density at radius 3 is 2.14 bits per heavy atom. The molecule has 4 unspecified atom stereocenters. The first-order valence-electron chi connectivity index (χ1n) is 11.7. The first kappa shape index (κ1) is 29.6. The van der Waals surface area contributed by atoms with Gasteiger partial charge in [-0.2, -0.15) is 12.6 Å². The maximum Gasteiger partial charge on any atom is 0.327 e. The van der Waals surface area contributed by atoms with Gasteiger partial charge in [-0.3, -0.25) is 19.2 Å². The second-order valence-electron chi connectivity index (χ2n) is 9.10. The minimum Gasteiger partial charge on any atom is -0.481 e. The highest BCUT2D eigenvalue weighted by atomic mass is 32.1. The molecule has 13 heteroatoms. The van der Waals surface area contributed by atoms with Crippen LogP contribution in [0.5, 0.6) is 0 Å². The Morgan fingerprint density at radius 1 is 0.946 bits per heavy atom. The van der Waals surface area contributed by atoms with Crippen molar-refractivity contribution in [2.24, 2.45) is 11.7 Å². The molecule has 0 spiro atoms. The van der Waals surface area contributed by atoms with E-state index in [9.17, 15) is 29.1 Å². The highest BCUT2D eigenvalue weighted by Gasteiger charge is 2.31. The molecule has 0 aliphatic carbocycles. The molecule has 2 rings (SSSR count). The minimum atomic E-state index is -1.39. The maximum atomic E-state index is 13.4. The van der Waals surface area contributed by atoms with Crippen molar-refractivity contribution in [3.05, 3.63) is 36.0 Å². The molecule has 1 heterocycles. The van der Waals surface area contributed by atoms with Crippen LogP contribution in [-0.2, 0) is 30.4 Å². The third-order valence-electron chi connectivity index (χ3n) is 5.60. The van der Waals surface area contributed by atoms with E-state index in [4.69, 9.17) is 10.8 Å². The standard InChI is InChI=1S/C24H33N5O7S/c1-12(2)7-17(22(33)29-19(11-37)24(35)36)28-23(34)18(27-21(32)15(25)9-20(30)31)8-13-10-26-16-6-4-3-5-14(13)16/h3-6,10,12,15,17-19,26,37H,7-9,11,25H2,1-2H3,(H,27,32)(H,28,34)(H,29,33)(H,30,31)(H,35,36). The van der Waals surface area contributed by atoms with Crippen LogP contribution in [0.4, 0.5) is 0 Å². The van der Waals surface area contributed by atoms with E-state index in [0.29, 0.717) is 5.56 Å². The fraction of sp³-hybridized carbons (Fsp3) is 0.458. The van der Waals surface area contributed by atoms with Crippen LogP contribution in [-0.4, -0.2) is 74.8 Å². The van der Waals surface area contributed by atoms with Gasteiger partial charge in [-0.25, -0.2) is 4.79 Å². The molecule has 4 atom stereocenters. The summed E-state index contributed by atoms with van der Waals surface area (Å²) in [5.41, 5.74) is 7.20. The summed E-state index contributed by atoms with van der Waals surface area (Å²) in [5, 5.41) is 26.5. The predicted octanol–water partition coefficient (Wildman–Crippen LogP) is 0.0273. The van der Waals surface area contributed by atoms with Crippen molar-refractivity contribution >= 4 is 53.2 Å². The molecule has 1 aromatic carbocycles. The first-order valence-corrected chi connectivity index (χ1v) is 12.3. The van der Waals surface area contributed by atoms with E-state index >= 15 is 0 Å². The van der Waals surface area contributed by atoms with E-state index in [2.05, 4.69) is 33.6 Å². The predicted molar refractivity (Wildman–Crippen MR) is 139 cm³/mol. The van der Waals surface area contributed by atoms with Gasteiger partial charge < -0.3 is 36.9 Å². The second-order valence-corrected chi connectivity index (χ2v) is 9.47. The van der Waals surface area contributed by atoms with E-state index in [-0.39, 0.29) is 24.5 Å². The van der Waals surface area contributed by atoms with Crippen LogP contribution < -0.4 is 21.7 Å². The largest absolute Gasteiger partial charge is 0.481 e. The highest BCUT2D eigenvalue weighted by Crippen LogP contribution is 2.19. The molecule has 8 N–H and O–H groups in total. The monoisotopic (exact) mass is 535 g/mol. The number of carboxylic acids is 2. The molecular formula is C24H33N5O7S. The first-order chi connectivity index (χ1) is 17.4. The average Bonchev–Trinajstić information content (AvgIpc) is 3.23. The molecule has 0 fully saturated rings. The smallest absolute Gasteiger partial charge is 0.327 e. The molecule has 0 saturated heterocycles. The lowest BCUT2D eigenvalue weighted by atomic mass is 10.00. The van der Waals surface area contributed by atoms with Gasteiger partial charge in [-0.05, 0) is 24.0 Å². The van der Waals surface area contributed by atoms with Crippen LogP contribution in [0.1, 0.15) is 32.3 Å². The Labute approximate surface area is 219 Å². The zero-order valence-electron chi connectivity index (χ0n) is 20.6. The zero-order chi connectivity index (χ0) is 27.7. The van der Waals surface area contributed by atoms with Crippen LogP contribution in [0.3, 0.4) is 0 Å². The van der Waals surface area contributed by atoms with Gasteiger partial charge in [-0.15, -0.1) is 0 Å². The molecule has 1 aromatic heterocycles. The third-order valence-corrected chi connectivity index (χ3v) is 5.97. The number of aromatic amines is 1. The number of hydrogen-bond acceptors (Lipinski definition) is 7. The SMILES string of the molecule is CC(C)CC(NC(=O)C(Cc1c[nH]c2ccccc12)NC(=O)C(N)CC(=O)O)C(=O)NC(CS)C(=O)O. The van der Waals surface area contributed by atoms with Gasteiger partial charge in [-0.1, -0.05) is 32.0 Å². The van der Waals surface area contributed by atoms with E-state index in [1.54, 1.807) is 6.20 Å². The number of carboxylic acid groups (broad SMARTS) is 2. The van der Waals surface area contributed by atoms with Crippen LogP contribution in [0.2, 0.25) is 0 Å². The summed E-state index contributed by atoms with van der Waals surface area (Å²) in [7, 11) is 0. The third kappa shape index (κ3) is 8.79. The number of nitrogens with two attached hydrogens (primary N) is 1. The fourth-order valence-corrected chi connectivity index (χ4v) is 3.97. The molecule has 202 valence electrons. The Morgan fingerprint density at radius 2 is 1.54 bits per heavy atom. The van der Waals surface area contributed by atoms with Gasteiger partial charge in [0.15, 0.2) is 0 Å². The Kier molecular flexibility index (Phi) is 10.9. The van der Waals surface area contributed by atoms with Crippen molar-refractivity contribution in [1.29, 1.82) is 0 Å². The molecule has 0 radical (unpaired) electrons. The van der Waals surface area contributed by atoms with E-state index in [1.165, 1.54) is 0 Å². The van der Waals surface area contributed by atoms with Crippen LogP contribution in [0.25, 0.3) is 10.9 Å².